The number of rotatable bonds is 2. The van der Waals surface area contributed by atoms with E-state index in [0.29, 0.717) is 0 Å². The van der Waals surface area contributed by atoms with Gasteiger partial charge in [-0.2, -0.15) is 0 Å². The van der Waals surface area contributed by atoms with Crippen LogP contribution in [0.3, 0.4) is 0 Å². The van der Waals surface area contributed by atoms with Crippen molar-refractivity contribution in [1.82, 2.24) is 4.90 Å². The van der Waals surface area contributed by atoms with Gasteiger partial charge in [-0.25, -0.2) is 4.79 Å². The van der Waals surface area contributed by atoms with E-state index in [2.05, 4.69) is 43.6 Å². The minimum atomic E-state index is -0.233. The molecule has 4 heteroatoms. The summed E-state index contributed by atoms with van der Waals surface area (Å²) in [4.78, 5) is 14.0. The highest BCUT2D eigenvalue weighted by Crippen LogP contribution is 2.47. The summed E-state index contributed by atoms with van der Waals surface area (Å²) in [5.41, 5.74) is 0.150. The molecule has 1 saturated heterocycles. The van der Waals surface area contributed by atoms with E-state index in [-0.39, 0.29) is 22.5 Å². The molecule has 0 radical (unpaired) electrons. The zero-order valence-electron chi connectivity index (χ0n) is 12.6. The van der Waals surface area contributed by atoms with Crippen molar-refractivity contribution >= 4 is 22.0 Å². The minimum absolute atomic E-state index is 0.117. The van der Waals surface area contributed by atoms with Gasteiger partial charge in [0.25, 0.3) is 0 Å². The number of hydrogen-bond donors (Lipinski definition) is 0. The molecule has 0 bridgehead atoms. The Morgan fingerprint density at radius 1 is 1.37 bits per heavy atom. The van der Waals surface area contributed by atoms with E-state index in [0.717, 1.165) is 37.7 Å². The predicted octanol–water partition coefficient (Wildman–Crippen LogP) is 4.20. The summed E-state index contributed by atoms with van der Waals surface area (Å²) in [6.07, 6.45) is 4.25. The Morgan fingerprint density at radius 2 is 2.05 bits per heavy atom. The van der Waals surface area contributed by atoms with Gasteiger partial charge in [0, 0.05) is 11.9 Å². The summed E-state index contributed by atoms with van der Waals surface area (Å²) < 4.78 is 5.81. The average molecular weight is 332 g/mol. The van der Waals surface area contributed by atoms with Gasteiger partial charge in [0.15, 0.2) is 0 Å². The van der Waals surface area contributed by atoms with Crippen molar-refractivity contribution in [1.29, 1.82) is 0 Å². The maximum atomic E-state index is 12.1. The summed E-state index contributed by atoms with van der Waals surface area (Å²) in [6, 6.07) is 0. The van der Waals surface area contributed by atoms with Crippen LogP contribution in [0.4, 0.5) is 4.79 Å². The number of halogens is 1. The standard InChI is InChI=1S/C15H26BrNO2/c1-13(2,3)10-17-11-15(19-12(17)18)7-5-6-14(4,8-15)9-16/h5-11H2,1-4H3. The quantitative estimate of drug-likeness (QED) is 0.709. The molecule has 0 aromatic rings. The third kappa shape index (κ3) is 3.45. The first-order valence-electron chi connectivity index (χ1n) is 7.21. The first-order chi connectivity index (χ1) is 8.67. The van der Waals surface area contributed by atoms with Crippen molar-refractivity contribution in [2.45, 2.75) is 59.0 Å². The van der Waals surface area contributed by atoms with Crippen molar-refractivity contribution in [2.24, 2.45) is 10.8 Å². The molecule has 0 N–H and O–H groups in total. The summed E-state index contributed by atoms with van der Waals surface area (Å²) in [7, 11) is 0. The molecule has 1 aliphatic carbocycles. The van der Waals surface area contributed by atoms with Gasteiger partial charge in [-0.05, 0) is 36.5 Å². The molecule has 19 heavy (non-hydrogen) atoms. The van der Waals surface area contributed by atoms with Crippen LogP contribution in [-0.4, -0.2) is 35.0 Å². The van der Waals surface area contributed by atoms with Gasteiger partial charge in [-0.3, -0.25) is 0 Å². The summed E-state index contributed by atoms with van der Waals surface area (Å²) in [6.45, 7) is 10.3. The number of amides is 1. The normalized spacial score (nSPS) is 35.8. The van der Waals surface area contributed by atoms with Gasteiger partial charge in [0.1, 0.15) is 5.60 Å². The van der Waals surface area contributed by atoms with Crippen molar-refractivity contribution in [3.8, 4) is 0 Å². The van der Waals surface area contributed by atoms with Crippen LogP contribution in [0.15, 0.2) is 0 Å². The van der Waals surface area contributed by atoms with Gasteiger partial charge in [-0.15, -0.1) is 0 Å². The van der Waals surface area contributed by atoms with Gasteiger partial charge in [0.05, 0.1) is 6.54 Å². The first kappa shape index (κ1) is 15.1. The molecule has 1 spiro atoms. The Bertz CT molecular complexity index is 366. The zero-order chi connectivity index (χ0) is 14.3. The number of carbonyl (C=O) groups excluding carboxylic acids is 1. The van der Waals surface area contributed by atoms with E-state index in [1.54, 1.807) is 0 Å². The van der Waals surface area contributed by atoms with Gasteiger partial charge in [-0.1, -0.05) is 43.6 Å². The fraction of sp³-hybridized carbons (Fsp3) is 0.933. The molecule has 1 saturated carbocycles. The fourth-order valence-electron chi connectivity index (χ4n) is 3.52. The second-order valence-electron chi connectivity index (χ2n) is 7.94. The van der Waals surface area contributed by atoms with Crippen LogP contribution in [-0.2, 0) is 4.74 Å². The molecule has 2 rings (SSSR count). The lowest BCUT2D eigenvalue weighted by Crippen LogP contribution is -2.44. The fourth-order valence-corrected chi connectivity index (χ4v) is 3.99. The largest absolute Gasteiger partial charge is 0.441 e. The predicted molar refractivity (Wildman–Crippen MR) is 80.6 cm³/mol. The molecule has 110 valence electrons. The maximum Gasteiger partial charge on any atom is 0.410 e. The Kier molecular flexibility index (Phi) is 3.94. The molecule has 3 nitrogen and oxygen atoms in total. The Balaban J connectivity index is 2.08. The van der Waals surface area contributed by atoms with Crippen LogP contribution >= 0.6 is 15.9 Å². The van der Waals surface area contributed by atoms with E-state index >= 15 is 0 Å². The van der Waals surface area contributed by atoms with Crippen molar-refractivity contribution in [3.05, 3.63) is 0 Å². The van der Waals surface area contributed by atoms with Gasteiger partial charge >= 0.3 is 6.09 Å². The Labute approximate surface area is 125 Å². The third-order valence-electron chi connectivity index (χ3n) is 4.19. The number of hydrogen-bond acceptors (Lipinski definition) is 2. The highest BCUT2D eigenvalue weighted by molar-refractivity contribution is 9.09. The first-order valence-corrected chi connectivity index (χ1v) is 8.33. The second-order valence-corrected chi connectivity index (χ2v) is 8.50. The van der Waals surface area contributed by atoms with E-state index in [1.807, 2.05) is 4.90 Å². The highest BCUT2D eigenvalue weighted by Gasteiger charge is 2.51. The lowest BCUT2D eigenvalue weighted by atomic mass is 9.69. The van der Waals surface area contributed by atoms with Crippen LogP contribution < -0.4 is 0 Å². The summed E-state index contributed by atoms with van der Waals surface area (Å²) in [5.74, 6) is 0. The van der Waals surface area contributed by atoms with Crippen LogP contribution in [0.5, 0.6) is 0 Å². The molecule has 2 atom stereocenters. The minimum Gasteiger partial charge on any atom is -0.441 e. The average Bonchev–Trinajstić information content (AvgIpc) is 2.52. The van der Waals surface area contributed by atoms with Crippen molar-refractivity contribution in [3.63, 3.8) is 0 Å². The SMILES string of the molecule is CC(C)(C)CN1CC2(CCCC(C)(CBr)C2)OC1=O. The van der Waals surface area contributed by atoms with Crippen molar-refractivity contribution in [2.75, 3.05) is 18.4 Å². The van der Waals surface area contributed by atoms with E-state index in [9.17, 15) is 4.79 Å². The lowest BCUT2D eigenvalue weighted by molar-refractivity contribution is -0.0140. The highest BCUT2D eigenvalue weighted by atomic mass is 79.9. The van der Waals surface area contributed by atoms with Crippen molar-refractivity contribution < 1.29 is 9.53 Å². The van der Waals surface area contributed by atoms with Gasteiger partial charge in [0.2, 0.25) is 0 Å². The van der Waals surface area contributed by atoms with Crippen LogP contribution in [0, 0.1) is 10.8 Å². The maximum absolute atomic E-state index is 12.1. The number of nitrogens with zero attached hydrogens (tertiary/aromatic N) is 1. The smallest absolute Gasteiger partial charge is 0.410 e. The molecule has 2 aliphatic rings. The topological polar surface area (TPSA) is 29.5 Å². The Hall–Kier alpha value is -0.250. The number of ether oxygens (including phenoxy) is 1. The molecule has 0 aromatic heterocycles. The lowest BCUT2D eigenvalue weighted by Gasteiger charge is -2.42. The molecular formula is C15H26BrNO2. The van der Waals surface area contributed by atoms with E-state index in [4.69, 9.17) is 4.74 Å². The van der Waals surface area contributed by atoms with Crippen LogP contribution in [0.1, 0.15) is 53.4 Å². The van der Waals surface area contributed by atoms with Crippen LogP contribution in [0.25, 0.3) is 0 Å². The summed E-state index contributed by atoms with van der Waals surface area (Å²) in [5, 5.41) is 0.985. The Morgan fingerprint density at radius 3 is 2.63 bits per heavy atom. The van der Waals surface area contributed by atoms with E-state index in [1.165, 1.54) is 6.42 Å². The molecular weight excluding hydrogens is 306 g/mol. The molecule has 2 unspecified atom stereocenters. The van der Waals surface area contributed by atoms with Crippen LogP contribution in [0.2, 0.25) is 0 Å². The van der Waals surface area contributed by atoms with E-state index < -0.39 is 0 Å². The molecule has 1 amide bonds. The molecule has 2 fully saturated rings. The van der Waals surface area contributed by atoms with Gasteiger partial charge < -0.3 is 9.64 Å². The monoisotopic (exact) mass is 331 g/mol. The summed E-state index contributed by atoms with van der Waals surface area (Å²) >= 11 is 3.62. The second kappa shape index (κ2) is 4.94. The molecule has 0 aromatic carbocycles. The number of alkyl halides is 1. The third-order valence-corrected chi connectivity index (χ3v) is 5.54. The number of carbonyl (C=O) groups is 1. The molecule has 1 aliphatic heterocycles. The zero-order valence-corrected chi connectivity index (χ0v) is 14.2. The molecule has 1 heterocycles.